The minimum atomic E-state index is -0.0577. The molecule has 0 bridgehead atoms. The fraction of sp³-hybridized carbons (Fsp3) is 0.667. The number of aryl methyl sites for hydroxylation is 1. The van der Waals surface area contributed by atoms with Crippen LogP contribution >= 0.6 is 0 Å². The molecule has 17 heavy (non-hydrogen) atoms. The average Bonchev–Trinajstić information content (AvgIpc) is 2.63. The molecule has 96 valence electrons. The van der Waals surface area contributed by atoms with Crippen LogP contribution in [0.15, 0.2) is 10.6 Å². The molecular weight excluding hydrogens is 218 g/mol. The second-order valence-corrected chi connectivity index (χ2v) is 4.79. The lowest BCUT2D eigenvalue weighted by Gasteiger charge is -2.24. The SMILES string of the molecule is CCC(C)(C)NCCC(=O)Nc1cc(C)on1. The summed E-state index contributed by atoms with van der Waals surface area (Å²) in [5.74, 6) is 1.10. The van der Waals surface area contributed by atoms with Crippen LogP contribution in [0.5, 0.6) is 0 Å². The molecule has 1 amide bonds. The molecule has 0 unspecified atom stereocenters. The van der Waals surface area contributed by atoms with E-state index in [1.54, 1.807) is 13.0 Å². The molecule has 0 atom stereocenters. The summed E-state index contributed by atoms with van der Waals surface area (Å²) in [4.78, 5) is 11.6. The molecule has 5 nitrogen and oxygen atoms in total. The molecule has 1 heterocycles. The van der Waals surface area contributed by atoms with Crippen molar-refractivity contribution in [3.8, 4) is 0 Å². The van der Waals surface area contributed by atoms with Crippen molar-refractivity contribution >= 4 is 11.7 Å². The fourth-order valence-corrected chi connectivity index (χ4v) is 1.27. The molecule has 0 saturated carbocycles. The number of carbonyl (C=O) groups is 1. The van der Waals surface area contributed by atoms with Gasteiger partial charge in [0.05, 0.1) is 0 Å². The highest BCUT2D eigenvalue weighted by Crippen LogP contribution is 2.08. The average molecular weight is 239 g/mol. The normalized spacial score (nSPS) is 11.5. The Morgan fingerprint density at radius 2 is 2.24 bits per heavy atom. The largest absolute Gasteiger partial charge is 0.360 e. The van der Waals surface area contributed by atoms with Gasteiger partial charge >= 0.3 is 0 Å². The van der Waals surface area contributed by atoms with E-state index in [4.69, 9.17) is 4.52 Å². The Kier molecular flexibility index (Phi) is 4.69. The van der Waals surface area contributed by atoms with Crippen LogP contribution in [0, 0.1) is 6.92 Å². The first-order valence-electron chi connectivity index (χ1n) is 5.91. The first-order chi connectivity index (χ1) is 7.93. The quantitative estimate of drug-likeness (QED) is 0.797. The predicted octanol–water partition coefficient (Wildman–Crippen LogP) is 2.09. The highest BCUT2D eigenvalue weighted by molar-refractivity contribution is 5.89. The minimum absolute atomic E-state index is 0.0577. The molecular formula is C12H21N3O2. The smallest absolute Gasteiger partial charge is 0.226 e. The van der Waals surface area contributed by atoms with Crippen molar-refractivity contribution in [2.24, 2.45) is 0 Å². The number of nitrogens with one attached hydrogen (secondary N) is 2. The van der Waals surface area contributed by atoms with Gasteiger partial charge in [0.15, 0.2) is 5.82 Å². The Morgan fingerprint density at radius 3 is 2.76 bits per heavy atom. The maximum Gasteiger partial charge on any atom is 0.226 e. The Labute approximate surface area is 102 Å². The summed E-state index contributed by atoms with van der Waals surface area (Å²) in [6, 6.07) is 1.70. The van der Waals surface area contributed by atoms with E-state index in [1.807, 2.05) is 0 Å². The lowest BCUT2D eigenvalue weighted by Crippen LogP contribution is -2.40. The van der Waals surface area contributed by atoms with Crippen molar-refractivity contribution in [1.82, 2.24) is 10.5 Å². The number of nitrogens with zero attached hydrogens (tertiary/aromatic N) is 1. The van der Waals surface area contributed by atoms with E-state index >= 15 is 0 Å². The summed E-state index contributed by atoms with van der Waals surface area (Å²) in [6.07, 6.45) is 1.45. The highest BCUT2D eigenvalue weighted by Gasteiger charge is 2.14. The third-order valence-electron chi connectivity index (χ3n) is 2.73. The number of anilines is 1. The molecule has 0 fully saturated rings. The molecule has 0 aliphatic carbocycles. The van der Waals surface area contributed by atoms with Crippen molar-refractivity contribution < 1.29 is 9.32 Å². The number of hydrogen-bond donors (Lipinski definition) is 2. The molecule has 1 aromatic heterocycles. The van der Waals surface area contributed by atoms with Gasteiger partial charge in [-0.2, -0.15) is 0 Å². The molecule has 0 spiro atoms. The van der Waals surface area contributed by atoms with E-state index < -0.39 is 0 Å². The van der Waals surface area contributed by atoms with Crippen LogP contribution in [0.2, 0.25) is 0 Å². The molecule has 0 aliphatic heterocycles. The van der Waals surface area contributed by atoms with Crippen molar-refractivity contribution in [1.29, 1.82) is 0 Å². The first-order valence-corrected chi connectivity index (χ1v) is 5.91. The Bertz CT molecular complexity index is 372. The maximum atomic E-state index is 11.6. The number of amides is 1. The van der Waals surface area contributed by atoms with E-state index in [0.717, 1.165) is 6.42 Å². The highest BCUT2D eigenvalue weighted by atomic mass is 16.5. The number of hydrogen-bond acceptors (Lipinski definition) is 4. The van der Waals surface area contributed by atoms with Gasteiger partial charge < -0.3 is 15.2 Å². The second-order valence-electron chi connectivity index (χ2n) is 4.79. The van der Waals surface area contributed by atoms with Crippen molar-refractivity contribution in [3.05, 3.63) is 11.8 Å². The Morgan fingerprint density at radius 1 is 1.53 bits per heavy atom. The van der Waals surface area contributed by atoms with Gasteiger partial charge in [-0.25, -0.2) is 0 Å². The van der Waals surface area contributed by atoms with Gasteiger partial charge in [0, 0.05) is 24.6 Å². The summed E-state index contributed by atoms with van der Waals surface area (Å²) < 4.78 is 4.86. The summed E-state index contributed by atoms with van der Waals surface area (Å²) in [5, 5.41) is 9.71. The summed E-state index contributed by atoms with van der Waals surface area (Å²) >= 11 is 0. The van der Waals surface area contributed by atoms with Gasteiger partial charge in [-0.1, -0.05) is 12.1 Å². The molecule has 2 N–H and O–H groups in total. The molecule has 5 heteroatoms. The second kappa shape index (κ2) is 5.82. The Hall–Kier alpha value is -1.36. The van der Waals surface area contributed by atoms with Gasteiger partial charge in [-0.05, 0) is 27.2 Å². The zero-order chi connectivity index (χ0) is 12.9. The van der Waals surface area contributed by atoms with Gasteiger partial charge in [0.25, 0.3) is 0 Å². The third-order valence-corrected chi connectivity index (χ3v) is 2.73. The molecule has 0 saturated heterocycles. The zero-order valence-corrected chi connectivity index (χ0v) is 11.0. The van der Waals surface area contributed by atoms with Crippen molar-refractivity contribution in [3.63, 3.8) is 0 Å². The third kappa shape index (κ3) is 4.99. The maximum absolute atomic E-state index is 11.6. The van der Waals surface area contributed by atoms with Crippen molar-refractivity contribution in [2.45, 2.75) is 46.1 Å². The number of rotatable bonds is 6. The van der Waals surface area contributed by atoms with Gasteiger partial charge in [-0.3, -0.25) is 4.79 Å². The molecule has 0 aromatic carbocycles. The minimum Gasteiger partial charge on any atom is -0.360 e. The van der Waals surface area contributed by atoms with Crippen molar-refractivity contribution in [2.75, 3.05) is 11.9 Å². The monoisotopic (exact) mass is 239 g/mol. The van der Waals surface area contributed by atoms with E-state index in [1.165, 1.54) is 0 Å². The standard InChI is InChI=1S/C12H21N3O2/c1-5-12(3,4)13-7-6-11(16)14-10-8-9(2)17-15-10/h8,13H,5-7H2,1-4H3,(H,14,15,16). The lowest BCUT2D eigenvalue weighted by molar-refractivity contribution is -0.116. The molecule has 1 rings (SSSR count). The van der Waals surface area contributed by atoms with Crippen LogP contribution in [0.4, 0.5) is 5.82 Å². The number of aromatic nitrogens is 1. The van der Waals surface area contributed by atoms with Crippen LogP contribution in [0.3, 0.4) is 0 Å². The molecule has 0 aliphatic rings. The Balaban J connectivity index is 2.27. The summed E-state index contributed by atoms with van der Waals surface area (Å²) in [6.45, 7) is 8.79. The fourth-order valence-electron chi connectivity index (χ4n) is 1.27. The van der Waals surface area contributed by atoms with E-state index in [-0.39, 0.29) is 11.4 Å². The summed E-state index contributed by atoms with van der Waals surface area (Å²) in [7, 11) is 0. The molecule has 1 aromatic rings. The van der Waals surface area contributed by atoms with Crippen LogP contribution in [0.1, 0.15) is 39.4 Å². The van der Waals surface area contributed by atoms with Gasteiger partial charge in [0.1, 0.15) is 5.76 Å². The van der Waals surface area contributed by atoms with Gasteiger partial charge in [-0.15, -0.1) is 0 Å². The van der Waals surface area contributed by atoms with Crippen LogP contribution < -0.4 is 10.6 Å². The number of carbonyl (C=O) groups excluding carboxylic acids is 1. The van der Waals surface area contributed by atoms with E-state index in [0.29, 0.717) is 24.5 Å². The van der Waals surface area contributed by atoms with Crippen LogP contribution in [-0.2, 0) is 4.79 Å². The van der Waals surface area contributed by atoms with Gasteiger partial charge in [0.2, 0.25) is 5.91 Å². The topological polar surface area (TPSA) is 67.2 Å². The first kappa shape index (κ1) is 13.7. The summed E-state index contributed by atoms with van der Waals surface area (Å²) in [5.41, 5.74) is 0.0742. The van der Waals surface area contributed by atoms with E-state index in [9.17, 15) is 4.79 Å². The van der Waals surface area contributed by atoms with Crippen LogP contribution in [0.25, 0.3) is 0 Å². The molecule has 0 radical (unpaired) electrons. The predicted molar refractivity (Wildman–Crippen MR) is 66.9 cm³/mol. The zero-order valence-electron chi connectivity index (χ0n) is 11.0. The lowest BCUT2D eigenvalue weighted by atomic mass is 10.0. The van der Waals surface area contributed by atoms with E-state index in [2.05, 4.69) is 36.6 Å². The van der Waals surface area contributed by atoms with Crippen LogP contribution in [-0.4, -0.2) is 23.1 Å².